The lowest BCUT2D eigenvalue weighted by Gasteiger charge is -2.40. The fourth-order valence-corrected chi connectivity index (χ4v) is 4.32. The van der Waals surface area contributed by atoms with Gasteiger partial charge in [-0.1, -0.05) is 34.6 Å². The van der Waals surface area contributed by atoms with Crippen molar-refractivity contribution < 1.29 is 4.74 Å². The van der Waals surface area contributed by atoms with E-state index in [0.29, 0.717) is 17.9 Å². The lowest BCUT2D eigenvalue weighted by atomic mass is 9.78. The minimum atomic E-state index is 0.157. The number of hydrogen-bond donors (Lipinski definition) is 2. The summed E-state index contributed by atoms with van der Waals surface area (Å²) in [5.74, 6) is 3.80. The molecule has 1 saturated heterocycles. The Hall–Kier alpha value is -1.63. The highest BCUT2D eigenvalue weighted by Gasteiger charge is 2.35. The number of nitrogens with one attached hydrogen (secondary N) is 2. The van der Waals surface area contributed by atoms with Crippen molar-refractivity contribution in [2.45, 2.75) is 84.9 Å². The van der Waals surface area contributed by atoms with E-state index in [4.69, 9.17) is 4.74 Å². The van der Waals surface area contributed by atoms with E-state index in [1.165, 1.54) is 6.42 Å². The molecule has 0 radical (unpaired) electrons. The normalized spacial score (nSPS) is 26.2. The minimum absolute atomic E-state index is 0.157. The zero-order chi connectivity index (χ0) is 20.3. The van der Waals surface area contributed by atoms with E-state index in [-0.39, 0.29) is 11.5 Å². The average molecular weight is 391 g/mol. The zero-order valence-corrected chi connectivity index (χ0v) is 18.5. The molecule has 2 aliphatic rings. The summed E-state index contributed by atoms with van der Waals surface area (Å²) in [7, 11) is 1.84. The second-order valence-corrected chi connectivity index (χ2v) is 9.62. The number of fused-ring (bicyclic) bond motifs is 1. The highest BCUT2D eigenvalue weighted by atomic mass is 16.5. The first-order valence-corrected chi connectivity index (χ1v) is 10.8. The van der Waals surface area contributed by atoms with E-state index in [1.807, 2.05) is 7.05 Å². The molecule has 3 unspecified atom stereocenters. The van der Waals surface area contributed by atoms with E-state index < -0.39 is 0 Å². The van der Waals surface area contributed by atoms with Gasteiger partial charge in [0.05, 0.1) is 12.6 Å². The van der Waals surface area contributed by atoms with Gasteiger partial charge in [0.25, 0.3) is 0 Å². The molecule has 2 N–H and O–H groups in total. The van der Waals surface area contributed by atoms with Gasteiger partial charge in [-0.25, -0.2) is 9.67 Å². The molecule has 0 spiro atoms. The van der Waals surface area contributed by atoms with Crippen LogP contribution in [0.25, 0.3) is 0 Å². The van der Waals surface area contributed by atoms with Crippen LogP contribution in [-0.2, 0) is 17.7 Å². The predicted molar refractivity (Wildman–Crippen MR) is 113 cm³/mol. The SMILES string of the molecule is CN=C(NCC1CCCOC1C(C)(C)C)NC1CCc2nc(C(C)C)nn2C1. The maximum atomic E-state index is 6.11. The summed E-state index contributed by atoms with van der Waals surface area (Å²) < 4.78 is 8.18. The van der Waals surface area contributed by atoms with Gasteiger partial charge in [0.2, 0.25) is 0 Å². The molecule has 1 aromatic rings. The first-order valence-electron chi connectivity index (χ1n) is 10.8. The molecule has 0 bridgehead atoms. The molecular formula is C21H38N6O. The summed E-state index contributed by atoms with van der Waals surface area (Å²) in [4.78, 5) is 9.13. The smallest absolute Gasteiger partial charge is 0.191 e. The van der Waals surface area contributed by atoms with E-state index in [2.05, 4.69) is 65.0 Å². The Morgan fingerprint density at radius 2 is 2.11 bits per heavy atom. The van der Waals surface area contributed by atoms with Crippen LogP contribution >= 0.6 is 0 Å². The van der Waals surface area contributed by atoms with Gasteiger partial charge in [-0.05, 0) is 24.7 Å². The highest BCUT2D eigenvalue weighted by Crippen LogP contribution is 2.33. The molecule has 7 nitrogen and oxygen atoms in total. The third kappa shape index (κ3) is 5.04. The van der Waals surface area contributed by atoms with Crippen LogP contribution in [0.2, 0.25) is 0 Å². The summed E-state index contributed by atoms with van der Waals surface area (Å²) in [5.41, 5.74) is 0.157. The Morgan fingerprint density at radius 1 is 1.32 bits per heavy atom. The van der Waals surface area contributed by atoms with E-state index >= 15 is 0 Å². The maximum Gasteiger partial charge on any atom is 0.191 e. The Balaban J connectivity index is 1.54. The van der Waals surface area contributed by atoms with Gasteiger partial charge in [0, 0.05) is 44.5 Å². The second kappa shape index (κ2) is 8.80. The molecule has 2 aliphatic heterocycles. The van der Waals surface area contributed by atoms with Crippen molar-refractivity contribution in [3.63, 3.8) is 0 Å². The molecule has 7 heteroatoms. The van der Waals surface area contributed by atoms with Crippen molar-refractivity contribution >= 4 is 5.96 Å². The first kappa shape index (κ1) is 21.1. The quantitative estimate of drug-likeness (QED) is 0.611. The molecule has 1 fully saturated rings. The van der Waals surface area contributed by atoms with Crippen LogP contribution in [0.15, 0.2) is 4.99 Å². The standard InChI is InChI=1S/C21H38N6O/c1-14(2)19-25-17-10-9-16(13-27(17)26-19)24-20(22-6)23-12-15-8-7-11-28-18(15)21(3,4)5/h14-16,18H,7-13H2,1-6H3,(H2,22,23,24). The monoisotopic (exact) mass is 390 g/mol. The third-order valence-electron chi connectivity index (χ3n) is 5.79. The molecule has 28 heavy (non-hydrogen) atoms. The van der Waals surface area contributed by atoms with Crippen molar-refractivity contribution in [2.75, 3.05) is 20.2 Å². The number of aromatic nitrogens is 3. The topological polar surface area (TPSA) is 76.4 Å². The number of aryl methyl sites for hydroxylation is 1. The van der Waals surface area contributed by atoms with Crippen molar-refractivity contribution in [3.05, 3.63) is 11.6 Å². The molecule has 0 aromatic carbocycles. The molecule has 158 valence electrons. The minimum Gasteiger partial charge on any atom is -0.377 e. The Kier molecular flexibility index (Phi) is 6.63. The van der Waals surface area contributed by atoms with Gasteiger partial charge in [-0.2, -0.15) is 5.10 Å². The van der Waals surface area contributed by atoms with Gasteiger partial charge in [0.15, 0.2) is 11.8 Å². The van der Waals surface area contributed by atoms with Crippen molar-refractivity contribution in [1.82, 2.24) is 25.4 Å². The van der Waals surface area contributed by atoms with Crippen molar-refractivity contribution in [2.24, 2.45) is 16.3 Å². The molecule has 0 amide bonds. The number of ether oxygens (including phenoxy) is 1. The number of rotatable bonds is 4. The summed E-state index contributed by atoms with van der Waals surface area (Å²) in [5, 5.41) is 11.8. The Bertz CT molecular complexity index is 675. The zero-order valence-electron chi connectivity index (χ0n) is 18.5. The summed E-state index contributed by atoms with van der Waals surface area (Å²) in [6, 6.07) is 0.321. The summed E-state index contributed by atoms with van der Waals surface area (Å²) >= 11 is 0. The summed E-state index contributed by atoms with van der Waals surface area (Å²) in [6.45, 7) is 13.7. The van der Waals surface area contributed by atoms with Gasteiger partial charge >= 0.3 is 0 Å². The van der Waals surface area contributed by atoms with Gasteiger partial charge in [-0.3, -0.25) is 4.99 Å². The molecular weight excluding hydrogens is 352 g/mol. The van der Waals surface area contributed by atoms with Crippen LogP contribution in [0.4, 0.5) is 0 Å². The molecule has 3 rings (SSSR count). The number of hydrogen-bond acceptors (Lipinski definition) is 4. The largest absolute Gasteiger partial charge is 0.377 e. The number of aliphatic imine (C=N–C) groups is 1. The fraction of sp³-hybridized carbons (Fsp3) is 0.857. The Labute approximate surface area is 169 Å². The highest BCUT2D eigenvalue weighted by molar-refractivity contribution is 5.79. The third-order valence-corrected chi connectivity index (χ3v) is 5.79. The first-order chi connectivity index (χ1) is 13.3. The molecule has 0 aliphatic carbocycles. The molecule has 3 atom stereocenters. The molecule has 3 heterocycles. The predicted octanol–water partition coefficient (Wildman–Crippen LogP) is 2.72. The number of nitrogens with zero attached hydrogens (tertiary/aromatic N) is 4. The van der Waals surface area contributed by atoms with E-state index in [1.54, 1.807) is 0 Å². The van der Waals surface area contributed by atoms with Crippen LogP contribution in [0.3, 0.4) is 0 Å². The van der Waals surface area contributed by atoms with Gasteiger partial charge in [0.1, 0.15) is 5.82 Å². The van der Waals surface area contributed by atoms with E-state index in [9.17, 15) is 0 Å². The molecule has 0 saturated carbocycles. The summed E-state index contributed by atoms with van der Waals surface area (Å²) in [6.07, 6.45) is 4.63. The fourth-order valence-electron chi connectivity index (χ4n) is 4.32. The number of guanidine groups is 1. The lowest BCUT2D eigenvalue weighted by Crippen LogP contribution is -2.50. The van der Waals surface area contributed by atoms with Crippen molar-refractivity contribution in [3.8, 4) is 0 Å². The van der Waals surface area contributed by atoms with E-state index in [0.717, 1.165) is 56.6 Å². The average Bonchev–Trinajstić information content (AvgIpc) is 3.08. The van der Waals surface area contributed by atoms with Crippen LogP contribution in [0.5, 0.6) is 0 Å². The Morgan fingerprint density at radius 3 is 2.79 bits per heavy atom. The van der Waals surface area contributed by atoms with Gasteiger partial charge < -0.3 is 15.4 Å². The van der Waals surface area contributed by atoms with Crippen LogP contribution in [0.1, 0.15) is 71.4 Å². The molecule has 1 aromatic heterocycles. The van der Waals surface area contributed by atoms with Gasteiger partial charge in [-0.15, -0.1) is 0 Å². The van der Waals surface area contributed by atoms with Crippen molar-refractivity contribution in [1.29, 1.82) is 0 Å². The maximum absolute atomic E-state index is 6.11. The van der Waals surface area contributed by atoms with Crippen LogP contribution in [0, 0.1) is 11.3 Å². The van der Waals surface area contributed by atoms with Crippen LogP contribution in [-0.4, -0.2) is 53.1 Å². The van der Waals surface area contributed by atoms with Crippen LogP contribution < -0.4 is 10.6 Å². The second-order valence-electron chi connectivity index (χ2n) is 9.62. The lowest BCUT2D eigenvalue weighted by molar-refractivity contribution is -0.0835.